The Balaban J connectivity index is 0.000000531. The molecule has 2 rings (SSSR count). The lowest BCUT2D eigenvalue weighted by Gasteiger charge is -2.16. The molecule has 1 aromatic rings. The number of benzene rings is 1. The molecule has 0 spiro atoms. The number of carbonyl (C=O) groups is 1. The van der Waals surface area contributed by atoms with Crippen molar-refractivity contribution in [2.75, 3.05) is 0 Å². The van der Waals surface area contributed by atoms with Gasteiger partial charge in [-0.05, 0) is 31.4 Å². The largest absolute Gasteiger partial charge is 0.289 e. The third-order valence-electron chi connectivity index (χ3n) is 2.70. The smallest absolute Gasteiger partial charge is 0.188 e. The van der Waals surface area contributed by atoms with Crippen LogP contribution in [0.5, 0.6) is 0 Å². The van der Waals surface area contributed by atoms with Gasteiger partial charge in [-0.25, -0.2) is 0 Å². The van der Waals surface area contributed by atoms with E-state index in [-0.39, 0.29) is 5.78 Å². The van der Waals surface area contributed by atoms with Crippen LogP contribution < -0.4 is 0 Å². The van der Waals surface area contributed by atoms with Crippen LogP contribution in [0.2, 0.25) is 0 Å². The van der Waals surface area contributed by atoms with Crippen LogP contribution in [0.15, 0.2) is 35.4 Å². The molecule has 1 heteroatoms. The summed E-state index contributed by atoms with van der Waals surface area (Å²) in [6, 6.07) is 7.85. The zero-order valence-corrected chi connectivity index (χ0v) is 9.92. The quantitative estimate of drug-likeness (QED) is 0.625. The maximum absolute atomic E-state index is 11.8. The van der Waals surface area contributed by atoms with Crippen molar-refractivity contribution in [3.05, 3.63) is 46.5 Å². The van der Waals surface area contributed by atoms with Crippen LogP contribution in [-0.4, -0.2) is 5.78 Å². The number of allylic oxidation sites excluding steroid dienone is 2. The molecule has 0 bridgehead atoms. The van der Waals surface area contributed by atoms with Gasteiger partial charge in [0.15, 0.2) is 5.78 Å². The van der Waals surface area contributed by atoms with Gasteiger partial charge in [-0.2, -0.15) is 0 Å². The summed E-state index contributed by atoms with van der Waals surface area (Å²) < 4.78 is 0. The number of Topliss-reactive ketones (excluding diaryl/α,β-unsaturated/α-hetero) is 1. The summed E-state index contributed by atoms with van der Waals surface area (Å²) in [7, 11) is 0. The monoisotopic (exact) mass is 202 g/mol. The van der Waals surface area contributed by atoms with Crippen molar-refractivity contribution in [1.82, 2.24) is 0 Å². The fourth-order valence-electron chi connectivity index (χ4n) is 1.71. The molecule has 0 saturated carbocycles. The molecule has 0 N–H and O–H groups in total. The predicted molar refractivity (Wildman–Crippen MR) is 64.2 cm³/mol. The number of hydrogen-bond acceptors (Lipinski definition) is 1. The minimum atomic E-state index is 0.194. The highest BCUT2D eigenvalue weighted by Gasteiger charge is 2.19. The van der Waals surface area contributed by atoms with Gasteiger partial charge in [0.1, 0.15) is 0 Å². The van der Waals surface area contributed by atoms with E-state index in [2.05, 4.69) is 0 Å². The van der Waals surface area contributed by atoms with Gasteiger partial charge in [0.2, 0.25) is 0 Å². The lowest BCUT2D eigenvalue weighted by atomic mass is 9.86. The van der Waals surface area contributed by atoms with Crippen molar-refractivity contribution in [2.45, 2.75) is 34.1 Å². The highest BCUT2D eigenvalue weighted by Crippen LogP contribution is 2.24. The molecule has 1 aliphatic carbocycles. The van der Waals surface area contributed by atoms with Gasteiger partial charge in [-0.15, -0.1) is 0 Å². The van der Waals surface area contributed by atoms with Crippen LogP contribution in [0.25, 0.3) is 0 Å². The highest BCUT2D eigenvalue weighted by atomic mass is 16.1. The lowest BCUT2D eigenvalue weighted by Crippen LogP contribution is -2.13. The van der Waals surface area contributed by atoms with Crippen molar-refractivity contribution in [2.24, 2.45) is 0 Å². The van der Waals surface area contributed by atoms with Gasteiger partial charge in [0.25, 0.3) is 0 Å². The zero-order valence-electron chi connectivity index (χ0n) is 9.92. The van der Waals surface area contributed by atoms with Crippen LogP contribution in [0, 0.1) is 0 Å². The minimum absolute atomic E-state index is 0.194. The first-order chi connectivity index (χ1) is 7.20. The van der Waals surface area contributed by atoms with Crippen LogP contribution in [-0.2, 0) is 6.42 Å². The van der Waals surface area contributed by atoms with Crippen LogP contribution in [0.3, 0.4) is 0 Å². The molecule has 1 nitrogen and oxygen atoms in total. The summed E-state index contributed by atoms with van der Waals surface area (Å²) in [6.45, 7) is 7.94. The molecule has 0 fully saturated rings. The second-order valence-corrected chi connectivity index (χ2v) is 3.57. The van der Waals surface area contributed by atoms with Crippen LogP contribution in [0.1, 0.15) is 43.6 Å². The van der Waals surface area contributed by atoms with Crippen molar-refractivity contribution in [3.63, 3.8) is 0 Å². The van der Waals surface area contributed by atoms with Crippen molar-refractivity contribution >= 4 is 5.78 Å². The molecular formula is C14H18O. The molecule has 0 aliphatic heterocycles. The maximum Gasteiger partial charge on any atom is 0.188 e. The standard InChI is InChI=1S/C12H12O.C2H6/c1-8-7-10-5-3-4-6-11(10)12(13)9(8)2;1-2/h3-6H,7H2,1-2H3;1-2H3. The number of rotatable bonds is 0. The molecule has 0 saturated heterocycles. The molecule has 0 heterocycles. The van der Waals surface area contributed by atoms with E-state index in [9.17, 15) is 4.79 Å². The normalized spacial score (nSPS) is 14.3. The number of fused-ring (bicyclic) bond motifs is 1. The molecule has 80 valence electrons. The second kappa shape index (κ2) is 4.92. The van der Waals surface area contributed by atoms with E-state index >= 15 is 0 Å². The Morgan fingerprint density at radius 1 is 1.07 bits per heavy atom. The lowest BCUT2D eigenvalue weighted by molar-refractivity contribution is 0.103. The molecule has 1 aromatic carbocycles. The van der Waals surface area contributed by atoms with Crippen molar-refractivity contribution < 1.29 is 4.79 Å². The van der Waals surface area contributed by atoms with Gasteiger partial charge in [-0.3, -0.25) is 4.79 Å². The molecule has 15 heavy (non-hydrogen) atoms. The number of hydrogen-bond donors (Lipinski definition) is 0. The fourth-order valence-corrected chi connectivity index (χ4v) is 1.71. The Kier molecular flexibility index (Phi) is 3.84. The van der Waals surface area contributed by atoms with Gasteiger partial charge < -0.3 is 0 Å². The van der Waals surface area contributed by atoms with E-state index in [0.29, 0.717) is 0 Å². The topological polar surface area (TPSA) is 17.1 Å². The average Bonchev–Trinajstić information content (AvgIpc) is 2.29. The highest BCUT2D eigenvalue weighted by molar-refractivity contribution is 6.10. The van der Waals surface area contributed by atoms with E-state index < -0.39 is 0 Å². The first-order valence-electron chi connectivity index (χ1n) is 5.49. The van der Waals surface area contributed by atoms with E-state index in [4.69, 9.17) is 0 Å². The van der Waals surface area contributed by atoms with Crippen molar-refractivity contribution in [1.29, 1.82) is 0 Å². The van der Waals surface area contributed by atoms with Gasteiger partial charge in [0.05, 0.1) is 0 Å². The average molecular weight is 202 g/mol. The molecule has 0 atom stereocenters. The summed E-state index contributed by atoms with van der Waals surface area (Å²) in [6.07, 6.45) is 0.924. The van der Waals surface area contributed by atoms with Gasteiger partial charge in [-0.1, -0.05) is 43.7 Å². The summed E-state index contributed by atoms with van der Waals surface area (Å²) in [5.41, 5.74) is 4.16. The van der Waals surface area contributed by atoms with Crippen LogP contribution >= 0.6 is 0 Å². The summed E-state index contributed by atoms with van der Waals surface area (Å²) in [5, 5.41) is 0. The first kappa shape index (κ1) is 11.7. The SMILES string of the molecule is CC.CC1=C(C)C(=O)c2ccccc2C1. The second-order valence-electron chi connectivity index (χ2n) is 3.57. The Hall–Kier alpha value is -1.37. The number of ketones is 1. The third-order valence-corrected chi connectivity index (χ3v) is 2.70. The van der Waals surface area contributed by atoms with Crippen molar-refractivity contribution in [3.8, 4) is 0 Å². The fraction of sp³-hybridized carbons (Fsp3) is 0.357. The minimum Gasteiger partial charge on any atom is -0.289 e. The molecule has 0 radical (unpaired) electrons. The van der Waals surface area contributed by atoms with Gasteiger partial charge in [0, 0.05) is 5.56 Å². The molecule has 0 aromatic heterocycles. The van der Waals surface area contributed by atoms with E-state index in [1.165, 1.54) is 5.57 Å². The molecule has 0 unspecified atom stereocenters. The molecular weight excluding hydrogens is 184 g/mol. The van der Waals surface area contributed by atoms with E-state index in [1.54, 1.807) is 0 Å². The van der Waals surface area contributed by atoms with Crippen LogP contribution in [0.4, 0.5) is 0 Å². The van der Waals surface area contributed by atoms with Gasteiger partial charge >= 0.3 is 0 Å². The summed E-state index contributed by atoms with van der Waals surface area (Å²) >= 11 is 0. The Labute approximate surface area is 91.8 Å². The Morgan fingerprint density at radius 2 is 1.67 bits per heavy atom. The van der Waals surface area contributed by atoms with E-state index in [1.807, 2.05) is 52.0 Å². The molecule has 1 aliphatic rings. The predicted octanol–water partition coefficient (Wildman–Crippen LogP) is 3.79. The maximum atomic E-state index is 11.8. The first-order valence-corrected chi connectivity index (χ1v) is 5.49. The van der Waals surface area contributed by atoms with E-state index in [0.717, 1.165) is 23.1 Å². The summed E-state index contributed by atoms with van der Waals surface area (Å²) in [4.78, 5) is 11.8. The number of carbonyl (C=O) groups excluding carboxylic acids is 1. The Morgan fingerprint density at radius 3 is 2.33 bits per heavy atom. The molecule has 0 amide bonds. The third kappa shape index (κ3) is 2.17. The summed E-state index contributed by atoms with van der Waals surface area (Å²) in [5.74, 6) is 0.194. The zero-order chi connectivity index (χ0) is 11.4. The Bertz CT molecular complexity index is 400.